The number of hydrogen-bond donors (Lipinski definition) is 0. The van der Waals surface area contributed by atoms with Gasteiger partial charge in [0, 0.05) is 18.5 Å². The number of amides is 1. The van der Waals surface area contributed by atoms with Gasteiger partial charge in [-0.05, 0) is 49.8 Å². The lowest BCUT2D eigenvalue weighted by molar-refractivity contribution is -0.138. The van der Waals surface area contributed by atoms with Gasteiger partial charge in [-0.1, -0.05) is 81.0 Å². The maximum absolute atomic E-state index is 14.0. The molecule has 0 radical (unpaired) electrons. The Balaban J connectivity index is 1.41. The number of fused-ring (bicyclic) bond motifs is 1. The van der Waals surface area contributed by atoms with Gasteiger partial charge >= 0.3 is 0 Å². The maximum atomic E-state index is 14.0. The summed E-state index contributed by atoms with van der Waals surface area (Å²) in [7, 11) is 0. The quantitative estimate of drug-likeness (QED) is 0.429. The second-order valence-corrected chi connectivity index (χ2v) is 9.97. The first-order chi connectivity index (χ1) is 16.3. The van der Waals surface area contributed by atoms with Crippen molar-refractivity contribution < 1.29 is 4.79 Å². The van der Waals surface area contributed by atoms with Crippen molar-refractivity contribution in [3.05, 3.63) is 66.0 Å². The average Bonchev–Trinajstić information content (AvgIpc) is 3.22. The largest absolute Gasteiger partial charge is 0.335 e. The Morgan fingerprint density at radius 3 is 2.06 bits per heavy atom. The van der Waals surface area contributed by atoms with Gasteiger partial charge in [-0.2, -0.15) is 0 Å². The van der Waals surface area contributed by atoms with Gasteiger partial charge in [-0.25, -0.2) is 4.98 Å². The molecule has 2 saturated carbocycles. The van der Waals surface area contributed by atoms with Crippen molar-refractivity contribution in [3.63, 3.8) is 0 Å². The van der Waals surface area contributed by atoms with Crippen molar-refractivity contribution in [1.29, 1.82) is 0 Å². The molecule has 33 heavy (non-hydrogen) atoms. The molecule has 5 rings (SSSR count). The molecule has 1 heterocycles. The highest BCUT2D eigenvalue weighted by Gasteiger charge is 2.32. The highest BCUT2D eigenvalue weighted by atomic mass is 16.2. The summed E-state index contributed by atoms with van der Waals surface area (Å²) in [6.07, 6.45) is 14.2. The molecule has 1 aromatic heterocycles. The number of aryl methyl sites for hydroxylation is 2. The van der Waals surface area contributed by atoms with Crippen LogP contribution in [0.25, 0.3) is 11.0 Å². The van der Waals surface area contributed by atoms with Crippen LogP contribution in [0.15, 0.2) is 54.6 Å². The van der Waals surface area contributed by atoms with Gasteiger partial charge < -0.3 is 9.47 Å². The Kier molecular flexibility index (Phi) is 7.09. The molecule has 2 fully saturated rings. The lowest BCUT2D eigenvalue weighted by Crippen LogP contribution is -2.50. The molecule has 0 spiro atoms. The van der Waals surface area contributed by atoms with Crippen LogP contribution >= 0.6 is 0 Å². The van der Waals surface area contributed by atoms with Crippen LogP contribution < -0.4 is 0 Å². The van der Waals surface area contributed by atoms with Crippen molar-refractivity contribution in [2.24, 2.45) is 0 Å². The molecule has 0 bridgehead atoms. The van der Waals surface area contributed by atoms with E-state index < -0.39 is 0 Å². The number of imidazole rings is 1. The Hall–Kier alpha value is -2.62. The van der Waals surface area contributed by atoms with Crippen molar-refractivity contribution >= 4 is 16.9 Å². The third-order valence-corrected chi connectivity index (χ3v) is 7.73. The topological polar surface area (TPSA) is 38.1 Å². The number of nitrogens with zero attached hydrogens (tertiary/aromatic N) is 3. The van der Waals surface area contributed by atoms with E-state index in [0.717, 1.165) is 29.7 Å². The van der Waals surface area contributed by atoms with Crippen LogP contribution in [0.5, 0.6) is 0 Å². The molecule has 0 unspecified atom stereocenters. The predicted molar refractivity (Wildman–Crippen MR) is 134 cm³/mol. The Morgan fingerprint density at radius 2 is 1.39 bits per heavy atom. The number of rotatable bonds is 7. The summed E-state index contributed by atoms with van der Waals surface area (Å²) < 4.78 is 2.21. The predicted octanol–water partition coefficient (Wildman–Crippen LogP) is 6.32. The van der Waals surface area contributed by atoms with Crippen LogP contribution in [0.1, 0.15) is 75.6 Å². The minimum absolute atomic E-state index is 0.304. The van der Waals surface area contributed by atoms with Crippen molar-refractivity contribution in [2.45, 2.75) is 95.7 Å². The van der Waals surface area contributed by atoms with Gasteiger partial charge in [0.25, 0.3) is 0 Å². The summed E-state index contributed by atoms with van der Waals surface area (Å²) in [4.78, 5) is 21.3. The molecule has 4 heteroatoms. The third kappa shape index (κ3) is 5.15. The van der Waals surface area contributed by atoms with E-state index in [0.29, 0.717) is 24.5 Å². The van der Waals surface area contributed by atoms with Crippen LogP contribution in [-0.4, -0.2) is 32.4 Å². The molecule has 2 aliphatic carbocycles. The van der Waals surface area contributed by atoms with Crippen LogP contribution in [0, 0.1) is 0 Å². The highest BCUT2D eigenvalue weighted by Crippen LogP contribution is 2.31. The van der Waals surface area contributed by atoms with Crippen LogP contribution in [-0.2, 0) is 24.2 Å². The van der Waals surface area contributed by atoms with E-state index in [2.05, 4.69) is 58.0 Å². The third-order valence-electron chi connectivity index (χ3n) is 7.73. The number of benzene rings is 2. The molecule has 2 aromatic carbocycles. The number of para-hydroxylation sites is 2. The Morgan fingerprint density at radius 1 is 0.788 bits per heavy atom. The minimum atomic E-state index is 0.304. The summed E-state index contributed by atoms with van der Waals surface area (Å²) in [5, 5.41) is 0. The molecule has 1 amide bonds. The van der Waals surface area contributed by atoms with Gasteiger partial charge in [0.1, 0.15) is 12.4 Å². The fraction of sp³-hybridized carbons (Fsp3) is 0.517. The molecule has 2 aliphatic rings. The normalized spacial score (nSPS) is 17.9. The summed E-state index contributed by atoms with van der Waals surface area (Å²) in [5.41, 5.74) is 3.39. The first kappa shape index (κ1) is 22.2. The lowest BCUT2D eigenvalue weighted by Gasteiger charge is -2.42. The minimum Gasteiger partial charge on any atom is -0.335 e. The average molecular weight is 444 g/mol. The molecular formula is C29H37N3O. The van der Waals surface area contributed by atoms with Gasteiger partial charge in [-0.3, -0.25) is 4.79 Å². The van der Waals surface area contributed by atoms with Crippen LogP contribution in [0.4, 0.5) is 0 Å². The van der Waals surface area contributed by atoms with E-state index >= 15 is 0 Å². The van der Waals surface area contributed by atoms with E-state index in [4.69, 9.17) is 4.98 Å². The Bertz CT molecular complexity index is 1030. The zero-order valence-electron chi connectivity index (χ0n) is 19.8. The first-order valence-electron chi connectivity index (χ1n) is 13.1. The van der Waals surface area contributed by atoms with Crippen molar-refractivity contribution in [2.75, 3.05) is 0 Å². The summed E-state index contributed by atoms with van der Waals surface area (Å²) in [5.74, 6) is 1.33. The van der Waals surface area contributed by atoms with Gasteiger partial charge in [0.05, 0.1) is 11.0 Å². The van der Waals surface area contributed by atoms with E-state index in [9.17, 15) is 4.79 Å². The highest BCUT2D eigenvalue weighted by molar-refractivity contribution is 5.81. The Labute approximate surface area is 198 Å². The molecule has 0 aliphatic heterocycles. The number of aromatic nitrogens is 2. The van der Waals surface area contributed by atoms with Crippen LogP contribution in [0.2, 0.25) is 0 Å². The SMILES string of the molecule is O=C(Cn1c(CCc2ccccc2)nc2ccccc21)N(C1CCCCC1)C1CCCCC1. The molecule has 174 valence electrons. The van der Waals surface area contributed by atoms with E-state index in [1.54, 1.807) is 0 Å². The second-order valence-electron chi connectivity index (χ2n) is 9.97. The summed E-state index contributed by atoms with van der Waals surface area (Å²) in [6.45, 7) is 0.414. The van der Waals surface area contributed by atoms with Gasteiger partial charge in [-0.15, -0.1) is 0 Å². The molecule has 3 aromatic rings. The monoisotopic (exact) mass is 443 g/mol. The summed E-state index contributed by atoms with van der Waals surface area (Å²) >= 11 is 0. The molecule has 0 atom stereocenters. The second kappa shape index (κ2) is 10.5. The van der Waals surface area contributed by atoms with E-state index in [1.165, 1.54) is 69.8 Å². The van der Waals surface area contributed by atoms with Crippen molar-refractivity contribution in [3.8, 4) is 0 Å². The molecule has 0 saturated heterocycles. The fourth-order valence-corrected chi connectivity index (χ4v) is 6.03. The maximum Gasteiger partial charge on any atom is 0.243 e. The lowest BCUT2D eigenvalue weighted by atomic mass is 9.88. The van der Waals surface area contributed by atoms with E-state index in [-0.39, 0.29) is 0 Å². The molecule has 0 N–H and O–H groups in total. The fourth-order valence-electron chi connectivity index (χ4n) is 6.03. The van der Waals surface area contributed by atoms with Gasteiger partial charge in [0.15, 0.2) is 0 Å². The first-order valence-corrected chi connectivity index (χ1v) is 13.1. The zero-order chi connectivity index (χ0) is 22.5. The van der Waals surface area contributed by atoms with Crippen molar-refractivity contribution in [1.82, 2.24) is 14.5 Å². The number of carbonyl (C=O) groups excluding carboxylic acids is 1. The molecule has 4 nitrogen and oxygen atoms in total. The number of carbonyl (C=O) groups is 1. The standard InChI is InChI=1S/C29H37N3O/c33-29(32(24-14-6-2-7-15-24)25-16-8-3-9-17-25)22-31-27-19-11-10-18-26(27)30-28(31)21-20-23-12-4-1-5-13-23/h1,4-5,10-13,18-19,24-25H,2-3,6-9,14-17,20-22H2. The smallest absolute Gasteiger partial charge is 0.243 e. The number of hydrogen-bond acceptors (Lipinski definition) is 2. The van der Waals surface area contributed by atoms with Crippen LogP contribution in [0.3, 0.4) is 0 Å². The zero-order valence-corrected chi connectivity index (χ0v) is 19.8. The van der Waals surface area contributed by atoms with Gasteiger partial charge in [0.2, 0.25) is 5.91 Å². The van der Waals surface area contributed by atoms with E-state index in [1.807, 2.05) is 6.07 Å². The molecular weight excluding hydrogens is 406 g/mol. The summed E-state index contributed by atoms with van der Waals surface area (Å²) in [6, 6.07) is 19.7.